The van der Waals surface area contributed by atoms with Crippen LogP contribution in [0, 0.1) is 0 Å². The van der Waals surface area contributed by atoms with E-state index in [9.17, 15) is 14.7 Å². The average Bonchev–Trinajstić information content (AvgIpc) is 2.61. The minimum Gasteiger partial charge on any atom is -0.493 e. The number of aromatic hydroxyl groups is 1. The van der Waals surface area contributed by atoms with Crippen molar-refractivity contribution in [3.63, 3.8) is 0 Å². The highest BCUT2D eigenvalue weighted by Gasteiger charge is 2.19. The van der Waals surface area contributed by atoms with Crippen LogP contribution in [-0.2, 0) is 11.2 Å². The molecule has 0 radical (unpaired) electrons. The first-order chi connectivity index (χ1) is 12.0. The SMILES string of the molecule is CCCCc1ccc2oc3cc(C(=O)OCC)c(O)nc3c(=O)c2c1. The van der Waals surface area contributed by atoms with Crippen LogP contribution in [0.4, 0.5) is 0 Å². The minimum atomic E-state index is -0.716. The topological polar surface area (TPSA) is 89.6 Å². The Bertz CT molecular complexity index is 1010. The zero-order valence-electron chi connectivity index (χ0n) is 14.2. The highest BCUT2D eigenvalue weighted by molar-refractivity contribution is 5.96. The number of carbonyl (C=O) groups is 1. The Kier molecular flexibility index (Phi) is 4.70. The maximum atomic E-state index is 12.7. The number of carbonyl (C=O) groups excluding carboxylic acids is 1. The molecule has 6 nitrogen and oxygen atoms in total. The maximum absolute atomic E-state index is 12.7. The Morgan fingerprint density at radius 3 is 2.76 bits per heavy atom. The lowest BCUT2D eigenvalue weighted by molar-refractivity contribution is 0.0522. The molecule has 0 unspecified atom stereocenters. The summed E-state index contributed by atoms with van der Waals surface area (Å²) in [5, 5.41) is 10.4. The van der Waals surface area contributed by atoms with E-state index in [1.165, 1.54) is 6.07 Å². The molecule has 2 heterocycles. The lowest BCUT2D eigenvalue weighted by Crippen LogP contribution is -2.09. The number of hydrogen-bond donors (Lipinski definition) is 1. The van der Waals surface area contributed by atoms with Gasteiger partial charge in [-0.1, -0.05) is 19.4 Å². The number of fused-ring (bicyclic) bond motifs is 2. The van der Waals surface area contributed by atoms with E-state index in [1.807, 2.05) is 6.07 Å². The molecule has 0 aliphatic rings. The van der Waals surface area contributed by atoms with Crippen molar-refractivity contribution in [3.05, 3.63) is 45.6 Å². The van der Waals surface area contributed by atoms with Crippen LogP contribution >= 0.6 is 0 Å². The third-order valence-electron chi connectivity index (χ3n) is 4.01. The normalized spacial score (nSPS) is 11.1. The monoisotopic (exact) mass is 341 g/mol. The zero-order valence-corrected chi connectivity index (χ0v) is 14.2. The fourth-order valence-electron chi connectivity index (χ4n) is 2.71. The molecule has 0 aliphatic carbocycles. The predicted molar refractivity (Wildman–Crippen MR) is 94.0 cm³/mol. The Morgan fingerprint density at radius 1 is 1.24 bits per heavy atom. The van der Waals surface area contributed by atoms with Gasteiger partial charge in [-0.05, 0) is 37.5 Å². The molecule has 25 heavy (non-hydrogen) atoms. The van der Waals surface area contributed by atoms with Crippen LogP contribution in [0.25, 0.3) is 22.1 Å². The van der Waals surface area contributed by atoms with Crippen molar-refractivity contribution in [2.24, 2.45) is 0 Å². The van der Waals surface area contributed by atoms with E-state index in [4.69, 9.17) is 9.15 Å². The minimum absolute atomic E-state index is 0.00862. The van der Waals surface area contributed by atoms with E-state index in [-0.39, 0.29) is 28.7 Å². The van der Waals surface area contributed by atoms with Crippen molar-refractivity contribution in [1.29, 1.82) is 0 Å². The summed E-state index contributed by atoms with van der Waals surface area (Å²) in [5.74, 6) is -1.26. The first kappa shape index (κ1) is 17.0. The van der Waals surface area contributed by atoms with Gasteiger partial charge >= 0.3 is 5.97 Å². The average molecular weight is 341 g/mol. The van der Waals surface area contributed by atoms with Crippen LogP contribution < -0.4 is 5.43 Å². The summed E-state index contributed by atoms with van der Waals surface area (Å²) in [4.78, 5) is 28.5. The fourth-order valence-corrected chi connectivity index (χ4v) is 2.71. The van der Waals surface area contributed by atoms with Gasteiger partial charge < -0.3 is 14.3 Å². The van der Waals surface area contributed by atoms with Crippen molar-refractivity contribution >= 4 is 28.0 Å². The number of benzene rings is 1. The van der Waals surface area contributed by atoms with Gasteiger partial charge in [0.1, 0.15) is 11.1 Å². The Labute approximate surface area is 144 Å². The first-order valence-electron chi connectivity index (χ1n) is 8.31. The highest BCUT2D eigenvalue weighted by Crippen LogP contribution is 2.24. The van der Waals surface area contributed by atoms with E-state index in [1.54, 1.807) is 19.1 Å². The zero-order chi connectivity index (χ0) is 18.0. The van der Waals surface area contributed by atoms with Gasteiger partial charge in [0.25, 0.3) is 0 Å². The highest BCUT2D eigenvalue weighted by atomic mass is 16.5. The third kappa shape index (κ3) is 3.20. The number of nitrogens with zero attached hydrogens (tertiary/aromatic N) is 1. The lowest BCUT2D eigenvalue weighted by Gasteiger charge is -2.07. The first-order valence-corrected chi connectivity index (χ1v) is 8.31. The van der Waals surface area contributed by atoms with Gasteiger partial charge in [-0.2, -0.15) is 0 Å². The number of ether oxygens (including phenoxy) is 1. The molecule has 0 atom stereocenters. The molecule has 0 saturated carbocycles. The summed E-state index contributed by atoms with van der Waals surface area (Å²) in [6, 6.07) is 6.76. The van der Waals surface area contributed by atoms with Gasteiger partial charge in [0.2, 0.25) is 11.3 Å². The molecule has 0 fully saturated rings. The van der Waals surface area contributed by atoms with Gasteiger partial charge in [0.05, 0.1) is 12.0 Å². The fraction of sp³-hybridized carbons (Fsp3) is 0.316. The summed E-state index contributed by atoms with van der Waals surface area (Å²) in [6.45, 7) is 3.93. The van der Waals surface area contributed by atoms with Gasteiger partial charge in [-0.3, -0.25) is 4.79 Å². The second-order valence-electron chi connectivity index (χ2n) is 5.79. The largest absolute Gasteiger partial charge is 0.493 e. The van der Waals surface area contributed by atoms with E-state index in [0.29, 0.717) is 11.0 Å². The standard InChI is InChI=1S/C19H19NO5/c1-3-5-6-11-7-8-14-12(9-11)17(21)16-15(25-14)10-13(18(22)20-16)19(23)24-4-2/h7-10H,3-6H2,1-2H3,(H,20,22). The van der Waals surface area contributed by atoms with Crippen LogP contribution in [-0.4, -0.2) is 22.7 Å². The van der Waals surface area contributed by atoms with Crippen molar-refractivity contribution < 1.29 is 19.1 Å². The Morgan fingerprint density at radius 2 is 2.04 bits per heavy atom. The predicted octanol–water partition coefficient (Wildman–Crippen LogP) is 3.57. The molecule has 0 spiro atoms. The molecule has 1 N–H and O–H groups in total. The van der Waals surface area contributed by atoms with Gasteiger partial charge in [-0.25, -0.2) is 9.78 Å². The molecule has 0 bridgehead atoms. The van der Waals surface area contributed by atoms with Crippen LogP contribution in [0.3, 0.4) is 0 Å². The molecule has 3 aromatic rings. The van der Waals surface area contributed by atoms with Crippen LogP contribution in [0.2, 0.25) is 0 Å². The lowest BCUT2D eigenvalue weighted by atomic mass is 10.1. The smallest absolute Gasteiger partial charge is 0.343 e. The second kappa shape index (κ2) is 6.93. The number of unbranched alkanes of at least 4 members (excludes halogenated alkanes) is 1. The van der Waals surface area contributed by atoms with E-state index >= 15 is 0 Å². The second-order valence-corrected chi connectivity index (χ2v) is 5.79. The number of pyridine rings is 1. The molecule has 3 rings (SSSR count). The van der Waals surface area contributed by atoms with E-state index in [0.717, 1.165) is 24.8 Å². The van der Waals surface area contributed by atoms with Crippen LogP contribution in [0.15, 0.2) is 33.5 Å². The molecule has 2 aromatic heterocycles. The summed E-state index contributed by atoms with van der Waals surface area (Å²) in [6.07, 6.45) is 2.98. The van der Waals surface area contributed by atoms with E-state index < -0.39 is 11.8 Å². The molecular weight excluding hydrogens is 322 g/mol. The number of aryl methyl sites for hydroxylation is 1. The van der Waals surface area contributed by atoms with Crippen molar-refractivity contribution in [3.8, 4) is 5.88 Å². The summed E-state index contributed by atoms with van der Waals surface area (Å²) >= 11 is 0. The number of rotatable bonds is 5. The number of hydrogen-bond acceptors (Lipinski definition) is 6. The van der Waals surface area contributed by atoms with Crippen LogP contribution in [0.1, 0.15) is 42.6 Å². The van der Waals surface area contributed by atoms with Crippen molar-refractivity contribution in [2.45, 2.75) is 33.1 Å². The van der Waals surface area contributed by atoms with Gasteiger partial charge in [0.15, 0.2) is 11.1 Å². The Hall–Kier alpha value is -2.89. The molecule has 0 saturated heterocycles. The van der Waals surface area contributed by atoms with Crippen molar-refractivity contribution in [1.82, 2.24) is 4.98 Å². The Balaban J connectivity index is 2.18. The number of esters is 1. The summed E-state index contributed by atoms with van der Waals surface area (Å²) in [7, 11) is 0. The third-order valence-corrected chi connectivity index (χ3v) is 4.01. The van der Waals surface area contributed by atoms with Gasteiger partial charge in [-0.15, -0.1) is 0 Å². The molecule has 0 aliphatic heterocycles. The number of aromatic nitrogens is 1. The molecule has 1 aromatic carbocycles. The van der Waals surface area contributed by atoms with E-state index in [2.05, 4.69) is 11.9 Å². The molecule has 130 valence electrons. The van der Waals surface area contributed by atoms with Gasteiger partial charge in [0, 0.05) is 6.07 Å². The molecule has 6 heteroatoms. The summed E-state index contributed by atoms with van der Waals surface area (Å²) in [5.41, 5.74) is 1.13. The molecule has 0 amide bonds. The maximum Gasteiger partial charge on any atom is 0.343 e. The van der Waals surface area contributed by atoms with Crippen molar-refractivity contribution in [2.75, 3.05) is 6.61 Å². The van der Waals surface area contributed by atoms with Crippen LogP contribution in [0.5, 0.6) is 5.88 Å². The quantitative estimate of drug-likeness (QED) is 0.564. The summed E-state index contributed by atoms with van der Waals surface area (Å²) < 4.78 is 10.6. The molecular formula is C19H19NO5.